The Morgan fingerprint density at radius 3 is 2.62 bits per heavy atom. The number of amides is 1. The third-order valence-electron chi connectivity index (χ3n) is 4.38. The second kappa shape index (κ2) is 9.61. The normalized spacial score (nSPS) is 23.7. The average Bonchev–Trinajstić information content (AvgIpc) is 2.61. The lowest BCUT2D eigenvalue weighted by atomic mass is 9.84. The van der Waals surface area contributed by atoms with Gasteiger partial charge in [0.05, 0.1) is 18.8 Å². The van der Waals surface area contributed by atoms with Crippen molar-refractivity contribution in [3.05, 3.63) is 29.8 Å². The Bertz CT molecular complexity index is 505. The van der Waals surface area contributed by atoms with Gasteiger partial charge in [-0.3, -0.25) is 4.79 Å². The summed E-state index contributed by atoms with van der Waals surface area (Å²) in [5.74, 6) is 0.700. The maximum Gasteiger partial charge on any atom is 0.223 e. The van der Waals surface area contributed by atoms with Crippen LogP contribution in [0.15, 0.2) is 24.3 Å². The topological polar surface area (TPSA) is 77.0 Å². The number of rotatable bonds is 8. The minimum absolute atomic E-state index is 0.0179. The van der Waals surface area contributed by atoms with Gasteiger partial charge in [0, 0.05) is 26.7 Å². The van der Waals surface area contributed by atoms with E-state index in [2.05, 4.69) is 5.32 Å². The second-order valence-corrected chi connectivity index (χ2v) is 6.05. The Morgan fingerprint density at radius 2 is 1.96 bits per heavy atom. The van der Waals surface area contributed by atoms with E-state index in [0.29, 0.717) is 39.0 Å². The molecular formula is C18H27NO5. The van der Waals surface area contributed by atoms with Crippen molar-refractivity contribution in [2.45, 2.75) is 38.0 Å². The molecule has 1 saturated carbocycles. The second-order valence-electron chi connectivity index (χ2n) is 6.05. The first-order valence-corrected chi connectivity index (χ1v) is 8.33. The fourth-order valence-electron chi connectivity index (χ4n) is 2.88. The lowest BCUT2D eigenvalue weighted by Gasteiger charge is -2.31. The Hall–Kier alpha value is -1.63. The summed E-state index contributed by atoms with van der Waals surface area (Å²) in [5.41, 5.74) is 1.02. The Morgan fingerprint density at radius 1 is 1.21 bits per heavy atom. The summed E-state index contributed by atoms with van der Waals surface area (Å²) in [7, 11) is 3.21. The van der Waals surface area contributed by atoms with Gasteiger partial charge >= 0.3 is 0 Å². The molecule has 24 heavy (non-hydrogen) atoms. The van der Waals surface area contributed by atoms with E-state index in [1.807, 2.05) is 24.3 Å². The predicted octanol–water partition coefficient (Wildman–Crippen LogP) is 1.50. The lowest BCUT2D eigenvalue weighted by Crippen LogP contribution is -2.41. The standard InChI is InChI=1S/C18H27NO5/c1-22-9-10-24-15-6-3-13(4-7-15)12-19-18(21)14-5-8-16(20)17(11-14)23-2/h3-4,6-7,14,16-17,20H,5,8-12H2,1-2H3,(H,19,21)/t14-,16+,17-/m1/s1. The molecule has 0 spiro atoms. The van der Waals surface area contributed by atoms with Gasteiger partial charge in [-0.15, -0.1) is 0 Å². The molecular weight excluding hydrogens is 310 g/mol. The van der Waals surface area contributed by atoms with Crippen LogP contribution in [-0.2, 0) is 20.8 Å². The zero-order chi connectivity index (χ0) is 17.4. The Kier molecular flexibility index (Phi) is 7.49. The molecule has 1 aliphatic rings. The molecule has 0 unspecified atom stereocenters. The van der Waals surface area contributed by atoms with E-state index >= 15 is 0 Å². The summed E-state index contributed by atoms with van der Waals surface area (Å²) in [6.45, 7) is 1.55. The van der Waals surface area contributed by atoms with Gasteiger partial charge in [0.2, 0.25) is 5.91 Å². The van der Waals surface area contributed by atoms with E-state index in [0.717, 1.165) is 11.3 Å². The number of benzene rings is 1. The van der Waals surface area contributed by atoms with Crippen LogP contribution in [-0.4, -0.2) is 50.7 Å². The largest absolute Gasteiger partial charge is 0.491 e. The summed E-state index contributed by atoms with van der Waals surface area (Å²) < 4.78 is 15.7. The van der Waals surface area contributed by atoms with Crippen molar-refractivity contribution in [3.8, 4) is 5.75 Å². The van der Waals surface area contributed by atoms with Crippen molar-refractivity contribution in [3.63, 3.8) is 0 Å². The molecule has 0 saturated heterocycles. The molecule has 1 aliphatic carbocycles. The highest BCUT2D eigenvalue weighted by Crippen LogP contribution is 2.26. The molecule has 6 nitrogen and oxygen atoms in total. The van der Waals surface area contributed by atoms with E-state index < -0.39 is 6.10 Å². The van der Waals surface area contributed by atoms with Crippen LogP contribution in [0, 0.1) is 5.92 Å². The van der Waals surface area contributed by atoms with Gasteiger partial charge in [0.25, 0.3) is 0 Å². The zero-order valence-electron chi connectivity index (χ0n) is 14.4. The summed E-state index contributed by atoms with van der Waals surface area (Å²) >= 11 is 0. The van der Waals surface area contributed by atoms with E-state index in [9.17, 15) is 9.90 Å². The van der Waals surface area contributed by atoms with Gasteiger partial charge < -0.3 is 24.6 Å². The molecule has 0 aliphatic heterocycles. The minimum atomic E-state index is -0.468. The highest BCUT2D eigenvalue weighted by Gasteiger charge is 2.32. The minimum Gasteiger partial charge on any atom is -0.491 e. The average molecular weight is 337 g/mol. The van der Waals surface area contributed by atoms with Crippen molar-refractivity contribution < 1.29 is 24.1 Å². The van der Waals surface area contributed by atoms with E-state index in [1.165, 1.54) is 0 Å². The molecule has 2 rings (SSSR count). The number of carbonyl (C=O) groups excluding carboxylic acids is 1. The number of nitrogens with one attached hydrogen (secondary N) is 1. The van der Waals surface area contributed by atoms with Gasteiger partial charge in [0.1, 0.15) is 12.4 Å². The molecule has 2 N–H and O–H groups in total. The SMILES string of the molecule is COCCOc1ccc(CNC(=O)[C@@H]2CC[C@H](O)[C@H](OC)C2)cc1. The number of ether oxygens (including phenoxy) is 3. The third kappa shape index (κ3) is 5.47. The summed E-state index contributed by atoms with van der Waals surface area (Å²) in [5, 5.41) is 12.8. The molecule has 1 fully saturated rings. The fourth-order valence-corrected chi connectivity index (χ4v) is 2.88. The van der Waals surface area contributed by atoms with Crippen LogP contribution in [0.25, 0.3) is 0 Å². The Labute approximate surface area is 143 Å². The monoisotopic (exact) mass is 337 g/mol. The number of hydrogen-bond acceptors (Lipinski definition) is 5. The fraction of sp³-hybridized carbons (Fsp3) is 0.611. The molecule has 134 valence electrons. The smallest absolute Gasteiger partial charge is 0.223 e. The first-order chi connectivity index (χ1) is 11.6. The summed E-state index contributed by atoms with van der Waals surface area (Å²) in [4.78, 5) is 12.3. The molecule has 1 aromatic rings. The highest BCUT2D eigenvalue weighted by atomic mass is 16.5. The summed E-state index contributed by atoms with van der Waals surface area (Å²) in [6.07, 6.45) is 1.14. The van der Waals surface area contributed by atoms with Crippen LogP contribution < -0.4 is 10.1 Å². The molecule has 0 radical (unpaired) electrons. The van der Waals surface area contributed by atoms with Gasteiger partial charge in [-0.05, 0) is 37.0 Å². The number of methoxy groups -OCH3 is 2. The van der Waals surface area contributed by atoms with Gasteiger partial charge in [-0.2, -0.15) is 0 Å². The van der Waals surface area contributed by atoms with E-state index in [1.54, 1.807) is 14.2 Å². The molecule has 0 bridgehead atoms. The molecule has 1 amide bonds. The summed E-state index contributed by atoms with van der Waals surface area (Å²) in [6, 6.07) is 7.64. The van der Waals surface area contributed by atoms with Gasteiger partial charge in [-0.1, -0.05) is 12.1 Å². The molecule has 0 aromatic heterocycles. The van der Waals surface area contributed by atoms with Crippen LogP contribution >= 0.6 is 0 Å². The van der Waals surface area contributed by atoms with Crippen LogP contribution in [0.5, 0.6) is 5.75 Å². The first kappa shape index (κ1) is 18.7. The van der Waals surface area contributed by atoms with Crippen LogP contribution in [0.4, 0.5) is 0 Å². The van der Waals surface area contributed by atoms with Crippen LogP contribution in [0.2, 0.25) is 0 Å². The maximum atomic E-state index is 12.3. The number of aliphatic hydroxyl groups is 1. The van der Waals surface area contributed by atoms with Crippen molar-refractivity contribution in [1.82, 2.24) is 5.32 Å². The molecule has 3 atom stereocenters. The zero-order valence-corrected chi connectivity index (χ0v) is 14.4. The lowest BCUT2D eigenvalue weighted by molar-refractivity contribution is -0.130. The quantitative estimate of drug-likeness (QED) is 0.703. The third-order valence-corrected chi connectivity index (χ3v) is 4.38. The van der Waals surface area contributed by atoms with Crippen molar-refractivity contribution >= 4 is 5.91 Å². The number of carbonyl (C=O) groups is 1. The highest BCUT2D eigenvalue weighted by molar-refractivity contribution is 5.78. The van der Waals surface area contributed by atoms with E-state index in [4.69, 9.17) is 14.2 Å². The number of aliphatic hydroxyl groups excluding tert-OH is 1. The first-order valence-electron chi connectivity index (χ1n) is 8.33. The maximum absolute atomic E-state index is 12.3. The van der Waals surface area contributed by atoms with Crippen LogP contribution in [0.3, 0.4) is 0 Å². The Balaban J connectivity index is 1.77. The van der Waals surface area contributed by atoms with Crippen molar-refractivity contribution in [2.24, 2.45) is 5.92 Å². The van der Waals surface area contributed by atoms with Crippen molar-refractivity contribution in [2.75, 3.05) is 27.4 Å². The van der Waals surface area contributed by atoms with Gasteiger partial charge in [-0.25, -0.2) is 0 Å². The molecule has 6 heteroatoms. The number of hydrogen-bond donors (Lipinski definition) is 2. The van der Waals surface area contributed by atoms with Crippen molar-refractivity contribution in [1.29, 1.82) is 0 Å². The predicted molar refractivity (Wildman–Crippen MR) is 89.8 cm³/mol. The van der Waals surface area contributed by atoms with Crippen LogP contribution in [0.1, 0.15) is 24.8 Å². The van der Waals surface area contributed by atoms with Gasteiger partial charge in [0.15, 0.2) is 0 Å². The molecule has 1 aromatic carbocycles. The molecule has 0 heterocycles. The van der Waals surface area contributed by atoms with E-state index in [-0.39, 0.29) is 17.9 Å².